The zero-order chi connectivity index (χ0) is 19.1. The highest BCUT2D eigenvalue weighted by Gasteiger charge is 2.24. The second-order valence-electron chi connectivity index (χ2n) is 7.52. The van der Waals surface area contributed by atoms with Crippen LogP contribution in [0.15, 0.2) is 24.4 Å². The smallest absolute Gasteiger partial charge is 0.251 e. The third-order valence-corrected chi connectivity index (χ3v) is 5.37. The van der Waals surface area contributed by atoms with Gasteiger partial charge >= 0.3 is 0 Å². The van der Waals surface area contributed by atoms with E-state index in [2.05, 4.69) is 40.5 Å². The average Bonchev–Trinajstić information content (AvgIpc) is 3.22. The Morgan fingerprint density at radius 2 is 2.26 bits per heavy atom. The van der Waals surface area contributed by atoms with Crippen molar-refractivity contribution in [2.24, 2.45) is 13.0 Å². The number of H-pyrrole nitrogens is 1. The quantitative estimate of drug-likeness (QED) is 0.744. The van der Waals surface area contributed by atoms with Gasteiger partial charge in [-0.15, -0.1) is 0 Å². The van der Waals surface area contributed by atoms with Gasteiger partial charge in [-0.25, -0.2) is 0 Å². The van der Waals surface area contributed by atoms with Crippen LogP contribution in [0.25, 0.3) is 22.6 Å². The number of rotatable bonds is 4. The normalized spacial score (nSPS) is 17.5. The van der Waals surface area contributed by atoms with Crippen molar-refractivity contribution in [1.82, 2.24) is 25.3 Å². The minimum absolute atomic E-state index is 0.0429. The number of nitrogens with one attached hydrogen (secondary N) is 2. The largest absolute Gasteiger partial charge is 0.350 e. The summed E-state index contributed by atoms with van der Waals surface area (Å²) >= 11 is 0. The number of hydrogen-bond acceptors (Lipinski definition) is 3. The lowest BCUT2D eigenvalue weighted by molar-refractivity contribution is 0.0939. The molecule has 3 aromatic rings. The minimum atomic E-state index is -0.0429. The van der Waals surface area contributed by atoms with E-state index in [4.69, 9.17) is 0 Å². The molecule has 1 aliphatic rings. The van der Waals surface area contributed by atoms with Crippen LogP contribution in [-0.2, 0) is 13.5 Å². The molecule has 6 heteroatoms. The monoisotopic (exact) mass is 363 g/mol. The number of carbonyl (C=O) groups is 1. The second-order valence-corrected chi connectivity index (χ2v) is 7.52. The molecule has 2 unspecified atom stereocenters. The van der Waals surface area contributed by atoms with Gasteiger partial charge in [-0.05, 0) is 55.5 Å². The van der Waals surface area contributed by atoms with E-state index in [0.717, 1.165) is 40.7 Å². The van der Waals surface area contributed by atoms with Crippen LogP contribution in [0.1, 0.15) is 54.5 Å². The second kappa shape index (κ2) is 6.68. The summed E-state index contributed by atoms with van der Waals surface area (Å²) in [5.41, 5.74) is 5.98. The maximum Gasteiger partial charge on any atom is 0.251 e. The summed E-state index contributed by atoms with van der Waals surface area (Å²) in [6.07, 6.45) is 6.02. The van der Waals surface area contributed by atoms with Crippen molar-refractivity contribution < 1.29 is 4.79 Å². The molecule has 0 spiro atoms. The summed E-state index contributed by atoms with van der Waals surface area (Å²) in [6, 6.07) is 5.88. The first kappa shape index (κ1) is 17.5. The third-order valence-electron chi connectivity index (χ3n) is 5.37. The Kier molecular flexibility index (Phi) is 4.34. The Hall–Kier alpha value is -2.89. The van der Waals surface area contributed by atoms with Crippen molar-refractivity contribution in [2.45, 2.75) is 39.7 Å². The third kappa shape index (κ3) is 3.16. The van der Waals surface area contributed by atoms with Gasteiger partial charge in [0.15, 0.2) is 0 Å². The number of amides is 1. The maximum atomic E-state index is 12.5. The fraction of sp³-hybridized carbons (Fsp3) is 0.381. The van der Waals surface area contributed by atoms with Crippen LogP contribution >= 0.6 is 0 Å². The van der Waals surface area contributed by atoms with Gasteiger partial charge in [0.25, 0.3) is 5.91 Å². The lowest BCUT2D eigenvalue weighted by atomic mass is 9.85. The van der Waals surface area contributed by atoms with Crippen LogP contribution in [0.5, 0.6) is 0 Å². The van der Waals surface area contributed by atoms with Crippen LogP contribution < -0.4 is 5.32 Å². The molecule has 1 amide bonds. The Morgan fingerprint density at radius 1 is 1.44 bits per heavy atom. The summed E-state index contributed by atoms with van der Waals surface area (Å²) in [6.45, 7) is 6.27. The molecule has 0 saturated heterocycles. The molecule has 0 radical (unpaired) electrons. The van der Waals surface area contributed by atoms with Gasteiger partial charge in [-0.1, -0.05) is 13.8 Å². The number of aromatic amines is 1. The molecule has 27 heavy (non-hydrogen) atoms. The van der Waals surface area contributed by atoms with Gasteiger partial charge in [-0.3, -0.25) is 14.6 Å². The highest BCUT2D eigenvalue weighted by Crippen LogP contribution is 2.36. The predicted molar refractivity (Wildman–Crippen MR) is 107 cm³/mol. The zero-order valence-corrected chi connectivity index (χ0v) is 16.2. The molecule has 0 aliphatic heterocycles. The van der Waals surface area contributed by atoms with Crippen molar-refractivity contribution in [1.29, 1.82) is 0 Å². The van der Waals surface area contributed by atoms with Gasteiger partial charge < -0.3 is 5.32 Å². The number of hydrogen-bond donors (Lipinski definition) is 2. The lowest BCUT2D eigenvalue weighted by Crippen LogP contribution is -2.31. The number of carbonyl (C=O) groups excluding carboxylic acids is 1. The van der Waals surface area contributed by atoms with Gasteiger partial charge in [-0.2, -0.15) is 10.2 Å². The van der Waals surface area contributed by atoms with Crippen molar-refractivity contribution in [3.8, 4) is 0 Å². The minimum Gasteiger partial charge on any atom is -0.350 e. The summed E-state index contributed by atoms with van der Waals surface area (Å²) < 4.78 is 1.86. The number of fused-ring (bicyclic) bond motifs is 2. The Bertz CT molecular complexity index is 1040. The Balaban J connectivity index is 1.75. The first-order valence-corrected chi connectivity index (χ1v) is 9.49. The number of aryl methyl sites for hydroxylation is 1. The van der Waals surface area contributed by atoms with Crippen molar-refractivity contribution in [3.05, 3.63) is 46.9 Å². The number of allylic oxidation sites excluding steroid dienone is 1. The highest BCUT2D eigenvalue weighted by atomic mass is 16.1. The Morgan fingerprint density at radius 3 is 3.04 bits per heavy atom. The van der Waals surface area contributed by atoms with Gasteiger partial charge in [0.05, 0.1) is 16.9 Å². The van der Waals surface area contributed by atoms with E-state index in [1.807, 2.05) is 43.0 Å². The van der Waals surface area contributed by atoms with Crippen LogP contribution in [0, 0.1) is 5.92 Å². The molecule has 1 aromatic carbocycles. The molecular weight excluding hydrogens is 338 g/mol. The van der Waals surface area contributed by atoms with E-state index in [1.165, 1.54) is 5.57 Å². The van der Waals surface area contributed by atoms with Crippen molar-refractivity contribution in [3.63, 3.8) is 0 Å². The van der Waals surface area contributed by atoms with Gasteiger partial charge in [0, 0.05) is 35.8 Å². The summed E-state index contributed by atoms with van der Waals surface area (Å²) in [5.74, 6) is 0.273. The molecule has 2 aromatic heterocycles. The molecule has 2 heterocycles. The molecule has 4 rings (SSSR count). The van der Waals surface area contributed by atoms with Crippen LogP contribution in [0.4, 0.5) is 0 Å². The zero-order valence-electron chi connectivity index (χ0n) is 16.2. The first-order chi connectivity index (χ1) is 13.0. The molecule has 0 bridgehead atoms. The fourth-order valence-electron chi connectivity index (χ4n) is 3.63. The van der Waals surface area contributed by atoms with E-state index in [0.29, 0.717) is 11.5 Å². The first-order valence-electron chi connectivity index (χ1n) is 9.49. The predicted octanol–water partition coefficient (Wildman–Crippen LogP) is 3.56. The molecule has 140 valence electrons. The molecule has 0 saturated carbocycles. The van der Waals surface area contributed by atoms with Crippen LogP contribution in [0.2, 0.25) is 0 Å². The molecule has 0 fully saturated rings. The standard InChI is InChI=1S/C21H25N5O/c1-5-13(3)22-21(27)14-6-7-18-17(9-14)20(24-23-18)16-10-15-11-26(4)25-19(15)8-12(16)2/h6-7,9-13H,5,8H2,1-4H3,(H,22,27)(H,23,24). The Labute approximate surface area is 158 Å². The van der Waals surface area contributed by atoms with E-state index in [-0.39, 0.29) is 11.9 Å². The summed E-state index contributed by atoms with van der Waals surface area (Å²) in [4.78, 5) is 12.5. The molecular formula is C21H25N5O. The SMILES string of the molecule is CCC(C)NC(=O)c1ccc2[nH]nc(C3=Cc4cn(C)nc4CC3C)c2c1. The van der Waals surface area contributed by atoms with Crippen molar-refractivity contribution in [2.75, 3.05) is 0 Å². The topological polar surface area (TPSA) is 75.6 Å². The molecule has 2 atom stereocenters. The fourth-order valence-corrected chi connectivity index (χ4v) is 3.63. The van der Waals surface area contributed by atoms with E-state index in [9.17, 15) is 4.79 Å². The highest BCUT2D eigenvalue weighted by molar-refractivity contribution is 6.02. The van der Waals surface area contributed by atoms with Crippen LogP contribution in [0.3, 0.4) is 0 Å². The number of benzene rings is 1. The van der Waals surface area contributed by atoms with E-state index < -0.39 is 0 Å². The maximum absolute atomic E-state index is 12.5. The lowest BCUT2D eigenvalue weighted by Gasteiger charge is -2.19. The van der Waals surface area contributed by atoms with Crippen LogP contribution in [-0.4, -0.2) is 31.9 Å². The van der Waals surface area contributed by atoms with E-state index in [1.54, 1.807) is 0 Å². The average molecular weight is 363 g/mol. The number of nitrogens with zero attached hydrogens (tertiary/aromatic N) is 3. The van der Waals surface area contributed by atoms with Gasteiger partial charge in [0.1, 0.15) is 0 Å². The molecule has 1 aliphatic carbocycles. The van der Waals surface area contributed by atoms with Crippen molar-refractivity contribution >= 4 is 28.5 Å². The summed E-state index contributed by atoms with van der Waals surface area (Å²) in [5, 5.41) is 16.2. The van der Waals surface area contributed by atoms with Gasteiger partial charge in [0.2, 0.25) is 0 Å². The summed E-state index contributed by atoms with van der Waals surface area (Å²) in [7, 11) is 1.95. The van der Waals surface area contributed by atoms with E-state index >= 15 is 0 Å². The molecule has 6 nitrogen and oxygen atoms in total. The molecule has 2 N–H and O–H groups in total. The number of aromatic nitrogens is 4.